The number of rotatable bonds is 3. The lowest BCUT2D eigenvalue weighted by Crippen LogP contribution is -1.99. The summed E-state index contributed by atoms with van der Waals surface area (Å²) < 4.78 is 0. The molecule has 2 N–H and O–H groups in total. The van der Waals surface area contributed by atoms with Gasteiger partial charge in [-0.3, -0.25) is 5.10 Å². The van der Waals surface area contributed by atoms with Crippen LogP contribution < -0.4 is 5.32 Å². The van der Waals surface area contributed by atoms with Crippen molar-refractivity contribution in [3.63, 3.8) is 0 Å². The highest BCUT2D eigenvalue weighted by Gasteiger charge is 1.95. The standard InChI is InChI=1S/C11H10N4/c12-7-9-1-3-10(4-2-9)13-8-11-5-6-14-15-11/h1-6,13H,8H2,(H,14,15). The van der Waals surface area contributed by atoms with Crippen LogP contribution in [0.25, 0.3) is 0 Å². The summed E-state index contributed by atoms with van der Waals surface area (Å²) in [4.78, 5) is 0. The maximum atomic E-state index is 8.62. The Kier molecular flexibility index (Phi) is 2.65. The van der Waals surface area contributed by atoms with Crippen LogP contribution in [0.15, 0.2) is 36.5 Å². The molecule has 0 saturated carbocycles. The summed E-state index contributed by atoms with van der Waals surface area (Å²) in [7, 11) is 0. The Morgan fingerprint density at radius 3 is 2.67 bits per heavy atom. The van der Waals surface area contributed by atoms with Crippen molar-refractivity contribution in [2.75, 3.05) is 5.32 Å². The SMILES string of the molecule is N#Cc1ccc(NCc2ccn[nH]2)cc1. The van der Waals surface area contributed by atoms with Crippen molar-refractivity contribution in [2.45, 2.75) is 6.54 Å². The normalized spacial score (nSPS) is 9.53. The number of anilines is 1. The van der Waals surface area contributed by atoms with Gasteiger partial charge in [0.25, 0.3) is 0 Å². The minimum atomic E-state index is 0.669. The van der Waals surface area contributed by atoms with Crippen LogP contribution in [0.5, 0.6) is 0 Å². The minimum Gasteiger partial charge on any atom is -0.379 e. The van der Waals surface area contributed by atoms with E-state index in [2.05, 4.69) is 21.6 Å². The molecule has 0 aliphatic rings. The van der Waals surface area contributed by atoms with Crippen LogP contribution in [0.1, 0.15) is 11.3 Å². The molecule has 0 bridgehead atoms. The van der Waals surface area contributed by atoms with E-state index in [4.69, 9.17) is 5.26 Å². The van der Waals surface area contributed by atoms with E-state index in [0.29, 0.717) is 12.1 Å². The lowest BCUT2D eigenvalue weighted by Gasteiger charge is -2.03. The average molecular weight is 198 g/mol. The highest BCUT2D eigenvalue weighted by atomic mass is 15.1. The topological polar surface area (TPSA) is 64.5 Å². The highest BCUT2D eigenvalue weighted by molar-refractivity contribution is 5.47. The number of hydrogen-bond donors (Lipinski definition) is 2. The van der Waals surface area contributed by atoms with Crippen LogP contribution in [0.2, 0.25) is 0 Å². The fourth-order valence-corrected chi connectivity index (χ4v) is 1.24. The molecule has 0 aliphatic heterocycles. The Balaban J connectivity index is 1.97. The molecule has 15 heavy (non-hydrogen) atoms. The second-order valence-electron chi connectivity index (χ2n) is 3.12. The van der Waals surface area contributed by atoms with E-state index in [-0.39, 0.29) is 0 Å². The van der Waals surface area contributed by atoms with Crippen LogP contribution in [0.4, 0.5) is 5.69 Å². The Morgan fingerprint density at radius 2 is 2.07 bits per heavy atom. The molecular weight excluding hydrogens is 188 g/mol. The van der Waals surface area contributed by atoms with Gasteiger partial charge in [-0.05, 0) is 30.3 Å². The van der Waals surface area contributed by atoms with Crippen LogP contribution in [0.3, 0.4) is 0 Å². The van der Waals surface area contributed by atoms with Gasteiger partial charge in [0.1, 0.15) is 0 Å². The zero-order valence-corrected chi connectivity index (χ0v) is 8.07. The summed E-state index contributed by atoms with van der Waals surface area (Å²) in [5, 5.41) is 18.6. The van der Waals surface area contributed by atoms with Crippen molar-refractivity contribution < 1.29 is 0 Å². The number of aromatic amines is 1. The summed E-state index contributed by atoms with van der Waals surface area (Å²) >= 11 is 0. The molecular formula is C11H10N4. The Morgan fingerprint density at radius 1 is 1.27 bits per heavy atom. The molecule has 0 aliphatic carbocycles. The predicted molar refractivity (Wildman–Crippen MR) is 57.1 cm³/mol. The molecule has 1 aromatic heterocycles. The van der Waals surface area contributed by atoms with Crippen LogP contribution in [-0.4, -0.2) is 10.2 Å². The number of nitrogens with zero attached hydrogens (tertiary/aromatic N) is 2. The molecule has 0 amide bonds. The molecule has 1 heterocycles. The molecule has 2 aromatic rings. The molecule has 0 unspecified atom stereocenters. The third-order valence-electron chi connectivity index (χ3n) is 2.06. The maximum Gasteiger partial charge on any atom is 0.0991 e. The van der Waals surface area contributed by atoms with Gasteiger partial charge in [0.15, 0.2) is 0 Å². The summed E-state index contributed by atoms with van der Waals surface area (Å²) in [5.74, 6) is 0. The van der Waals surface area contributed by atoms with Gasteiger partial charge in [-0.2, -0.15) is 10.4 Å². The lowest BCUT2D eigenvalue weighted by atomic mass is 10.2. The van der Waals surface area contributed by atoms with Crippen LogP contribution in [0, 0.1) is 11.3 Å². The minimum absolute atomic E-state index is 0.669. The number of hydrogen-bond acceptors (Lipinski definition) is 3. The molecule has 4 heteroatoms. The fourth-order valence-electron chi connectivity index (χ4n) is 1.24. The van der Waals surface area contributed by atoms with Gasteiger partial charge < -0.3 is 5.32 Å². The third kappa shape index (κ3) is 2.35. The largest absolute Gasteiger partial charge is 0.379 e. The van der Waals surface area contributed by atoms with E-state index in [1.54, 1.807) is 18.3 Å². The summed E-state index contributed by atoms with van der Waals surface area (Å²) in [6.07, 6.45) is 1.72. The average Bonchev–Trinajstić information content (AvgIpc) is 2.80. The monoisotopic (exact) mass is 198 g/mol. The number of nitriles is 1. The molecule has 0 spiro atoms. The first-order chi connectivity index (χ1) is 7.38. The molecule has 74 valence electrons. The first-order valence-electron chi connectivity index (χ1n) is 4.61. The summed E-state index contributed by atoms with van der Waals surface area (Å²) in [5.41, 5.74) is 2.69. The fraction of sp³-hybridized carbons (Fsp3) is 0.0909. The molecule has 0 fully saturated rings. The third-order valence-corrected chi connectivity index (χ3v) is 2.06. The van der Waals surface area contributed by atoms with Gasteiger partial charge in [0, 0.05) is 11.9 Å². The predicted octanol–water partition coefficient (Wildman–Crippen LogP) is 1.89. The highest BCUT2D eigenvalue weighted by Crippen LogP contribution is 2.09. The number of H-pyrrole nitrogens is 1. The van der Waals surface area contributed by atoms with Crippen molar-refractivity contribution in [2.24, 2.45) is 0 Å². The van der Waals surface area contributed by atoms with Crippen molar-refractivity contribution in [1.29, 1.82) is 5.26 Å². The Hall–Kier alpha value is -2.28. The number of aromatic nitrogens is 2. The van der Waals surface area contributed by atoms with Crippen molar-refractivity contribution in [3.8, 4) is 6.07 Å². The first-order valence-corrected chi connectivity index (χ1v) is 4.61. The van der Waals surface area contributed by atoms with Gasteiger partial charge in [-0.1, -0.05) is 0 Å². The maximum absolute atomic E-state index is 8.62. The van der Waals surface area contributed by atoms with Crippen molar-refractivity contribution in [1.82, 2.24) is 10.2 Å². The van der Waals surface area contributed by atoms with Crippen molar-refractivity contribution >= 4 is 5.69 Å². The molecule has 2 rings (SSSR count). The molecule has 0 saturated heterocycles. The van der Waals surface area contributed by atoms with Gasteiger partial charge in [-0.15, -0.1) is 0 Å². The van der Waals surface area contributed by atoms with E-state index < -0.39 is 0 Å². The van der Waals surface area contributed by atoms with Gasteiger partial charge in [-0.25, -0.2) is 0 Å². The van der Waals surface area contributed by atoms with Crippen LogP contribution >= 0.6 is 0 Å². The molecule has 1 aromatic carbocycles. The Labute approximate surface area is 87.6 Å². The molecule has 0 atom stereocenters. The van der Waals surface area contributed by atoms with Gasteiger partial charge in [0.05, 0.1) is 23.9 Å². The second kappa shape index (κ2) is 4.29. The number of benzene rings is 1. The van der Waals surface area contributed by atoms with Crippen molar-refractivity contribution in [3.05, 3.63) is 47.8 Å². The summed E-state index contributed by atoms with van der Waals surface area (Å²) in [6.45, 7) is 0.700. The second-order valence-corrected chi connectivity index (χ2v) is 3.12. The number of nitrogens with one attached hydrogen (secondary N) is 2. The summed E-state index contributed by atoms with van der Waals surface area (Å²) in [6, 6.07) is 11.3. The zero-order valence-electron chi connectivity index (χ0n) is 8.07. The Bertz CT molecular complexity index is 450. The molecule has 0 radical (unpaired) electrons. The van der Waals surface area contributed by atoms with E-state index in [1.807, 2.05) is 18.2 Å². The van der Waals surface area contributed by atoms with E-state index in [9.17, 15) is 0 Å². The zero-order chi connectivity index (χ0) is 10.5. The molecule has 4 nitrogen and oxygen atoms in total. The van der Waals surface area contributed by atoms with Crippen LogP contribution in [-0.2, 0) is 6.54 Å². The smallest absolute Gasteiger partial charge is 0.0991 e. The van der Waals surface area contributed by atoms with Gasteiger partial charge in [0.2, 0.25) is 0 Å². The van der Waals surface area contributed by atoms with Gasteiger partial charge >= 0.3 is 0 Å². The van der Waals surface area contributed by atoms with E-state index >= 15 is 0 Å². The quantitative estimate of drug-likeness (QED) is 0.791. The van der Waals surface area contributed by atoms with E-state index in [1.165, 1.54) is 0 Å². The first kappa shape index (κ1) is 9.28. The lowest BCUT2D eigenvalue weighted by molar-refractivity contribution is 0.981. The van der Waals surface area contributed by atoms with E-state index in [0.717, 1.165) is 11.4 Å².